The van der Waals surface area contributed by atoms with E-state index in [2.05, 4.69) is 6.92 Å². The average Bonchev–Trinajstić information content (AvgIpc) is 1.97. The Morgan fingerprint density at radius 1 is 1.50 bits per heavy atom. The molecule has 0 saturated heterocycles. The molecule has 0 fully saturated rings. The third-order valence-electron chi connectivity index (χ3n) is 1.48. The van der Waals surface area contributed by atoms with Gasteiger partial charge in [-0.2, -0.15) is 0 Å². The molecule has 0 aromatic heterocycles. The molecule has 0 aliphatic rings. The van der Waals surface area contributed by atoms with E-state index in [4.69, 9.17) is 9.84 Å². The summed E-state index contributed by atoms with van der Waals surface area (Å²) in [6.45, 7) is 4.68. The lowest BCUT2D eigenvalue weighted by Gasteiger charge is -2.11. The van der Waals surface area contributed by atoms with Crippen molar-refractivity contribution in [2.75, 3.05) is 13.2 Å². The molecule has 3 heteroatoms. The van der Waals surface area contributed by atoms with Crippen LogP contribution in [0.3, 0.4) is 0 Å². The van der Waals surface area contributed by atoms with Gasteiger partial charge in [0.25, 0.3) is 0 Å². The van der Waals surface area contributed by atoms with Gasteiger partial charge in [0.15, 0.2) is 0 Å². The van der Waals surface area contributed by atoms with Crippen molar-refractivity contribution in [3.63, 3.8) is 0 Å². The van der Waals surface area contributed by atoms with Crippen LogP contribution in [0.1, 0.15) is 33.1 Å². The van der Waals surface area contributed by atoms with E-state index in [1.54, 1.807) is 6.92 Å². The molecule has 73 valence electrons. The summed E-state index contributed by atoms with van der Waals surface area (Å²) in [5.74, 6) is 0. The molecule has 0 saturated carbocycles. The Bertz CT molecular complexity index is 93.8. The molecule has 0 heterocycles. The Kier molecular flexibility index (Phi) is 7.45. The standard InChI is InChI=1S/C9H19O3/c1-3-4-5-12-7-9(11)6-8(2)10/h9-11H,3-7H2,1-2H3. The summed E-state index contributed by atoms with van der Waals surface area (Å²) in [7, 11) is 0. The first-order valence-corrected chi connectivity index (χ1v) is 4.44. The highest BCUT2D eigenvalue weighted by molar-refractivity contribution is 4.72. The van der Waals surface area contributed by atoms with Crippen LogP contribution in [0.2, 0.25) is 0 Å². The van der Waals surface area contributed by atoms with Crippen molar-refractivity contribution in [1.82, 2.24) is 0 Å². The van der Waals surface area contributed by atoms with Crippen molar-refractivity contribution in [1.29, 1.82) is 0 Å². The van der Waals surface area contributed by atoms with Crippen LogP contribution in [-0.2, 0) is 4.74 Å². The van der Waals surface area contributed by atoms with E-state index >= 15 is 0 Å². The molecule has 0 bridgehead atoms. The van der Waals surface area contributed by atoms with Crippen LogP contribution < -0.4 is 0 Å². The maximum Gasteiger partial charge on any atom is 0.0929 e. The third-order valence-corrected chi connectivity index (χ3v) is 1.48. The van der Waals surface area contributed by atoms with E-state index in [0.29, 0.717) is 19.6 Å². The smallest absolute Gasteiger partial charge is 0.0929 e. The van der Waals surface area contributed by atoms with E-state index < -0.39 is 6.10 Å². The minimum atomic E-state index is -0.563. The zero-order chi connectivity index (χ0) is 9.40. The fourth-order valence-corrected chi connectivity index (χ4v) is 0.866. The van der Waals surface area contributed by atoms with Crippen molar-refractivity contribution in [3.8, 4) is 0 Å². The molecule has 12 heavy (non-hydrogen) atoms. The summed E-state index contributed by atoms with van der Waals surface area (Å²) in [5, 5.41) is 18.0. The zero-order valence-electron chi connectivity index (χ0n) is 7.92. The van der Waals surface area contributed by atoms with Crippen LogP contribution in [0.15, 0.2) is 0 Å². The van der Waals surface area contributed by atoms with Gasteiger partial charge in [-0.1, -0.05) is 13.3 Å². The predicted molar refractivity (Wildman–Crippen MR) is 47.2 cm³/mol. The van der Waals surface area contributed by atoms with E-state index in [-0.39, 0.29) is 6.10 Å². The van der Waals surface area contributed by atoms with Gasteiger partial charge in [-0.15, -0.1) is 0 Å². The minimum absolute atomic E-state index is 0.251. The van der Waals surface area contributed by atoms with Gasteiger partial charge in [-0.05, 0) is 13.3 Å². The Hall–Kier alpha value is -0.120. The number of aliphatic hydroxyl groups is 2. The van der Waals surface area contributed by atoms with Crippen LogP contribution >= 0.6 is 0 Å². The highest BCUT2D eigenvalue weighted by atomic mass is 16.5. The van der Waals surface area contributed by atoms with Gasteiger partial charge in [-0.3, -0.25) is 0 Å². The lowest BCUT2D eigenvalue weighted by molar-refractivity contribution is 0.0249. The molecule has 0 spiro atoms. The van der Waals surface area contributed by atoms with Crippen LogP contribution in [0.25, 0.3) is 0 Å². The normalized spacial score (nSPS) is 13.8. The highest BCUT2D eigenvalue weighted by Crippen LogP contribution is 2.04. The molecule has 1 radical (unpaired) electrons. The first-order chi connectivity index (χ1) is 5.66. The van der Waals surface area contributed by atoms with Gasteiger partial charge in [0, 0.05) is 13.0 Å². The van der Waals surface area contributed by atoms with E-state index in [0.717, 1.165) is 12.8 Å². The molecule has 0 aromatic rings. The summed E-state index contributed by atoms with van der Waals surface area (Å²) < 4.78 is 5.16. The average molecular weight is 175 g/mol. The maximum atomic E-state index is 9.21. The van der Waals surface area contributed by atoms with Gasteiger partial charge in [-0.25, -0.2) is 0 Å². The second-order valence-electron chi connectivity index (χ2n) is 3.02. The van der Waals surface area contributed by atoms with Crippen LogP contribution in [0.4, 0.5) is 0 Å². The van der Waals surface area contributed by atoms with E-state index in [1.807, 2.05) is 0 Å². The molecule has 0 amide bonds. The first-order valence-electron chi connectivity index (χ1n) is 4.44. The Morgan fingerprint density at radius 3 is 2.67 bits per heavy atom. The topological polar surface area (TPSA) is 49.7 Å². The quantitative estimate of drug-likeness (QED) is 0.576. The Morgan fingerprint density at radius 2 is 2.17 bits per heavy atom. The predicted octanol–water partition coefficient (Wildman–Crippen LogP) is 1.48. The second-order valence-corrected chi connectivity index (χ2v) is 3.02. The minimum Gasteiger partial charge on any atom is -0.391 e. The largest absolute Gasteiger partial charge is 0.391 e. The van der Waals surface area contributed by atoms with Gasteiger partial charge in [0.1, 0.15) is 0 Å². The lowest BCUT2D eigenvalue weighted by atomic mass is 10.2. The van der Waals surface area contributed by atoms with Crippen molar-refractivity contribution < 1.29 is 14.9 Å². The van der Waals surface area contributed by atoms with Crippen LogP contribution in [0.5, 0.6) is 0 Å². The fourth-order valence-electron chi connectivity index (χ4n) is 0.866. The van der Waals surface area contributed by atoms with Crippen molar-refractivity contribution in [2.24, 2.45) is 0 Å². The summed E-state index contributed by atoms with van der Waals surface area (Å²) in [6.07, 6.45) is 2.12. The van der Waals surface area contributed by atoms with Gasteiger partial charge < -0.3 is 14.9 Å². The summed E-state index contributed by atoms with van der Waals surface area (Å²) in [4.78, 5) is 0. The fraction of sp³-hybridized carbons (Fsp3) is 0.889. The molecule has 3 nitrogen and oxygen atoms in total. The van der Waals surface area contributed by atoms with Crippen molar-refractivity contribution in [3.05, 3.63) is 6.10 Å². The molecular formula is C9H19O3. The van der Waals surface area contributed by atoms with Crippen LogP contribution in [0, 0.1) is 6.10 Å². The van der Waals surface area contributed by atoms with Crippen LogP contribution in [-0.4, -0.2) is 29.5 Å². The van der Waals surface area contributed by atoms with Gasteiger partial charge >= 0.3 is 0 Å². The molecule has 0 rings (SSSR count). The lowest BCUT2D eigenvalue weighted by Crippen LogP contribution is -2.17. The number of hydrogen-bond donors (Lipinski definition) is 2. The van der Waals surface area contributed by atoms with Crippen molar-refractivity contribution >= 4 is 0 Å². The number of ether oxygens (including phenoxy) is 1. The monoisotopic (exact) mass is 175 g/mol. The van der Waals surface area contributed by atoms with Crippen molar-refractivity contribution in [2.45, 2.75) is 39.2 Å². The Balaban J connectivity index is 3.14. The molecule has 2 N–H and O–H groups in total. The third kappa shape index (κ3) is 7.98. The zero-order valence-corrected chi connectivity index (χ0v) is 7.92. The highest BCUT2D eigenvalue weighted by Gasteiger charge is 2.07. The summed E-state index contributed by atoms with van der Waals surface area (Å²) in [5.41, 5.74) is 0. The van der Waals surface area contributed by atoms with E-state index in [1.165, 1.54) is 0 Å². The summed E-state index contributed by atoms with van der Waals surface area (Å²) in [6, 6.07) is 0. The molecular weight excluding hydrogens is 156 g/mol. The number of unbranched alkanes of at least 4 members (excludes halogenated alkanes) is 1. The second kappa shape index (κ2) is 7.53. The molecule has 0 aliphatic carbocycles. The van der Waals surface area contributed by atoms with Gasteiger partial charge in [0.2, 0.25) is 0 Å². The van der Waals surface area contributed by atoms with E-state index in [9.17, 15) is 5.11 Å². The number of rotatable bonds is 7. The maximum absolute atomic E-state index is 9.21. The Labute approximate surface area is 74.4 Å². The SMILES string of the molecule is CCCCOCC(O)C[C](C)O. The molecule has 0 aliphatic heterocycles. The number of aliphatic hydroxyl groups excluding tert-OH is 2. The molecule has 1 atom stereocenters. The first kappa shape index (κ1) is 11.9. The molecule has 1 unspecified atom stereocenters. The van der Waals surface area contributed by atoms with Gasteiger partial charge in [0.05, 0.1) is 18.8 Å². The molecule has 0 aromatic carbocycles. The summed E-state index contributed by atoms with van der Waals surface area (Å²) >= 11 is 0. The number of hydrogen-bond acceptors (Lipinski definition) is 3.